The van der Waals surface area contributed by atoms with Gasteiger partial charge in [0.2, 0.25) is 0 Å². The molecule has 3 rings (SSSR count). The predicted molar refractivity (Wildman–Crippen MR) is 73.5 cm³/mol. The number of hydrogen-bond acceptors (Lipinski definition) is 1. The van der Waals surface area contributed by atoms with Gasteiger partial charge in [0, 0.05) is 17.3 Å². The van der Waals surface area contributed by atoms with Gasteiger partial charge in [0.25, 0.3) is 0 Å². The number of nitrogens with zero attached hydrogens (tertiary/aromatic N) is 1. The second-order valence-electron chi connectivity index (χ2n) is 4.81. The smallest absolute Gasteiger partial charge is 0.0379 e. The highest BCUT2D eigenvalue weighted by molar-refractivity contribution is 5.98. The Morgan fingerprint density at radius 3 is 1.82 bits per heavy atom. The molecule has 0 spiro atoms. The molecule has 0 aliphatic carbocycles. The van der Waals surface area contributed by atoms with Crippen molar-refractivity contribution < 1.29 is 0 Å². The summed E-state index contributed by atoms with van der Waals surface area (Å²) in [4.78, 5) is 4.35. The summed E-state index contributed by atoms with van der Waals surface area (Å²) in [5, 5.41) is 5.09. The van der Waals surface area contributed by atoms with E-state index in [2.05, 4.69) is 49.2 Å². The first-order valence-corrected chi connectivity index (χ1v) is 5.91. The minimum Gasteiger partial charge on any atom is -0.261 e. The second kappa shape index (κ2) is 3.56. The van der Waals surface area contributed by atoms with Gasteiger partial charge in [-0.05, 0) is 66.3 Å². The van der Waals surface area contributed by atoms with Gasteiger partial charge in [0.15, 0.2) is 0 Å². The molecule has 3 aromatic rings. The van der Waals surface area contributed by atoms with Crippen molar-refractivity contribution in [2.24, 2.45) is 0 Å². The van der Waals surface area contributed by atoms with E-state index in [1.807, 2.05) is 13.1 Å². The summed E-state index contributed by atoms with van der Waals surface area (Å²) >= 11 is 0. The van der Waals surface area contributed by atoms with Crippen molar-refractivity contribution in [1.29, 1.82) is 0 Å². The number of benzene rings is 2. The fraction of sp³-hybridized carbons (Fsp3) is 0.188. The molecule has 84 valence electrons. The van der Waals surface area contributed by atoms with Crippen LogP contribution >= 0.6 is 0 Å². The van der Waals surface area contributed by atoms with Crippen LogP contribution in [0.4, 0.5) is 0 Å². The highest BCUT2D eigenvalue weighted by Gasteiger charge is 2.01. The summed E-state index contributed by atoms with van der Waals surface area (Å²) in [6, 6.07) is 11.1. The highest BCUT2D eigenvalue weighted by atomic mass is 14.6. The Morgan fingerprint density at radius 1 is 0.647 bits per heavy atom. The maximum atomic E-state index is 4.35. The van der Waals surface area contributed by atoms with Gasteiger partial charge < -0.3 is 0 Å². The molecule has 0 saturated heterocycles. The van der Waals surface area contributed by atoms with Crippen LogP contribution in [-0.2, 0) is 0 Å². The van der Waals surface area contributed by atoms with E-state index in [0.717, 1.165) is 5.69 Å². The van der Waals surface area contributed by atoms with Gasteiger partial charge in [-0.3, -0.25) is 4.98 Å². The van der Waals surface area contributed by atoms with Gasteiger partial charge in [-0.1, -0.05) is 12.1 Å². The summed E-state index contributed by atoms with van der Waals surface area (Å²) in [5.41, 5.74) is 3.76. The van der Waals surface area contributed by atoms with Gasteiger partial charge in [-0.25, -0.2) is 0 Å². The second-order valence-corrected chi connectivity index (χ2v) is 4.81. The van der Waals surface area contributed by atoms with E-state index < -0.39 is 0 Å². The number of fused-ring (bicyclic) bond motifs is 2. The summed E-state index contributed by atoms with van der Waals surface area (Å²) < 4.78 is 0. The lowest BCUT2D eigenvalue weighted by Crippen LogP contribution is -1.85. The van der Waals surface area contributed by atoms with Crippen LogP contribution in [0.25, 0.3) is 21.5 Å². The van der Waals surface area contributed by atoms with E-state index in [9.17, 15) is 0 Å². The lowest BCUT2D eigenvalue weighted by Gasteiger charge is -2.06. The summed E-state index contributed by atoms with van der Waals surface area (Å²) in [7, 11) is 0. The van der Waals surface area contributed by atoms with Crippen LogP contribution in [0.3, 0.4) is 0 Å². The molecule has 1 heterocycles. The molecule has 0 unspecified atom stereocenters. The van der Waals surface area contributed by atoms with Crippen LogP contribution in [0.15, 0.2) is 36.5 Å². The Kier molecular flexibility index (Phi) is 2.15. The van der Waals surface area contributed by atoms with Gasteiger partial charge in [-0.2, -0.15) is 0 Å². The maximum absolute atomic E-state index is 4.35. The van der Waals surface area contributed by atoms with Crippen LogP contribution in [0.1, 0.15) is 16.8 Å². The summed E-state index contributed by atoms with van der Waals surface area (Å²) in [6.07, 6.45) is 1.96. The normalized spacial score (nSPS) is 11.2. The third-order valence-corrected chi connectivity index (χ3v) is 3.43. The Morgan fingerprint density at radius 2 is 1.18 bits per heavy atom. The average molecular weight is 221 g/mol. The number of hydrogen-bond donors (Lipinski definition) is 0. The molecule has 0 aliphatic rings. The molecule has 0 atom stereocenters. The van der Waals surface area contributed by atoms with Gasteiger partial charge in [0.1, 0.15) is 0 Å². The first kappa shape index (κ1) is 10.3. The first-order valence-electron chi connectivity index (χ1n) is 5.91. The SMILES string of the molecule is Cc1cc2cc3cc(C)c(C)cc3cc2cn1. The number of aryl methyl sites for hydroxylation is 3. The van der Waals surface area contributed by atoms with Crippen molar-refractivity contribution in [2.75, 3.05) is 0 Å². The van der Waals surface area contributed by atoms with Crippen molar-refractivity contribution in [3.05, 3.63) is 53.3 Å². The molecule has 1 heteroatoms. The molecule has 0 radical (unpaired) electrons. The minimum absolute atomic E-state index is 1.07. The zero-order valence-electron chi connectivity index (χ0n) is 10.4. The largest absolute Gasteiger partial charge is 0.261 e. The van der Waals surface area contributed by atoms with Gasteiger partial charge in [-0.15, -0.1) is 0 Å². The van der Waals surface area contributed by atoms with Crippen molar-refractivity contribution in [3.63, 3.8) is 0 Å². The van der Waals surface area contributed by atoms with Crippen LogP contribution in [0.5, 0.6) is 0 Å². The molecule has 0 aliphatic heterocycles. The van der Waals surface area contributed by atoms with E-state index in [1.165, 1.54) is 32.7 Å². The van der Waals surface area contributed by atoms with Crippen molar-refractivity contribution >= 4 is 21.5 Å². The summed E-state index contributed by atoms with van der Waals surface area (Å²) in [5.74, 6) is 0. The highest BCUT2D eigenvalue weighted by Crippen LogP contribution is 2.25. The maximum Gasteiger partial charge on any atom is 0.0379 e. The fourth-order valence-electron chi connectivity index (χ4n) is 2.28. The summed E-state index contributed by atoms with van der Waals surface area (Å²) in [6.45, 7) is 6.35. The average Bonchev–Trinajstić information content (AvgIpc) is 2.28. The monoisotopic (exact) mass is 221 g/mol. The zero-order chi connectivity index (χ0) is 12.0. The molecule has 17 heavy (non-hydrogen) atoms. The van der Waals surface area contributed by atoms with Gasteiger partial charge in [0.05, 0.1) is 0 Å². The lowest BCUT2D eigenvalue weighted by molar-refractivity contribution is 1.23. The molecule has 0 N–H and O–H groups in total. The Bertz CT molecular complexity index is 726. The molecule has 0 saturated carbocycles. The van der Waals surface area contributed by atoms with Crippen LogP contribution < -0.4 is 0 Å². The quantitative estimate of drug-likeness (QED) is 0.515. The van der Waals surface area contributed by atoms with E-state index >= 15 is 0 Å². The van der Waals surface area contributed by atoms with E-state index in [0.29, 0.717) is 0 Å². The third-order valence-electron chi connectivity index (χ3n) is 3.43. The fourth-order valence-corrected chi connectivity index (χ4v) is 2.28. The molecular formula is C16H15N. The Balaban J connectivity index is 2.43. The topological polar surface area (TPSA) is 12.9 Å². The Labute approximate surface area is 101 Å². The first-order chi connectivity index (χ1) is 8.13. The van der Waals surface area contributed by atoms with Crippen molar-refractivity contribution in [3.8, 4) is 0 Å². The molecule has 0 bridgehead atoms. The van der Waals surface area contributed by atoms with E-state index in [-0.39, 0.29) is 0 Å². The standard InChI is InChI=1S/C16H15N/c1-10-4-13-7-15-6-12(3)17-9-16(15)8-14(13)5-11(10)2/h4-9H,1-3H3. The molecule has 0 amide bonds. The minimum atomic E-state index is 1.07. The number of rotatable bonds is 0. The zero-order valence-corrected chi connectivity index (χ0v) is 10.4. The van der Waals surface area contributed by atoms with E-state index in [1.54, 1.807) is 0 Å². The molecule has 2 aromatic carbocycles. The lowest BCUT2D eigenvalue weighted by atomic mass is 10.00. The molecule has 1 aromatic heterocycles. The van der Waals surface area contributed by atoms with Crippen LogP contribution in [0, 0.1) is 20.8 Å². The number of aromatic nitrogens is 1. The third kappa shape index (κ3) is 1.68. The van der Waals surface area contributed by atoms with Crippen molar-refractivity contribution in [2.45, 2.75) is 20.8 Å². The van der Waals surface area contributed by atoms with E-state index in [4.69, 9.17) is 0 Å². The van der Waals surface area contributed by atoms with Crippen LogP contribution in [0.2, 0.25) is 0 Å². The molecule has 1 nitrogen and oxygen atoms in total. The van der Waals surface area contributed by atoms with Gasteiger partial charge >= 0.3 is 0 Å². The van der Waals surface area contributed by atoms with Crippen molar-refractivity contribution in [1.82, 2.24) is 4.98 Å². The molecular weight excluding hydrogens is 206 g/mol. The predicted octanol–water partition coefficient (Wildman–Crippen LogP) is 4.31. The number of pyridine rings is 1. The molecule has 0 fully saturated rings. The Hall–Kier alpha value is -1.89. The van der Waals surface area contributed by atoms with Crippen LogP contribution in [-0.4, -0.2) is 4.98 Å².